The summed E-state index contributed by atoms with van der Waals surface area (Å²) < 4.78 is 30.8. The number of hydrogen-bond acceptors (Lipinski definition) is 5. The van der Waals surface area contributed by atoms with Gasteiger partial charge in [0, 0.05) is 41.3 Å². The minimum absolute atomic E-state index is 0.0823. The lowest BCUT2D eigenvalue weighted by atomic mass is 9.86. The fourth-order valence-corrected chi connectivity index (χ4v) is 5.18. The Morgan fingerprint density at radius 2 is 1.84 bits per heavy atom. The van der Waals surface area contributed by atoms with E-state index in [9.17, 15) is 23.8 Å². The van der Waals surface area contributed by atoms with Crippen LogP contribution in [0.2, 0.25) is 0 Å². The number of aromatic nitrogens is 4. The van der Waals surface area contributed by atoms with Crippen molar-refractivity contribution in [1.82, 2.24) is 24.9 Å². The number of carbonyl (C=O) groups is 1. The lowest BCUT2D eigenvalue weighted by molar-refractivity contribution is 0.0940. The Labute approximate surface area is 222 Å². The lowest BCUT2D eigenvalue weighted by Crippen LogP contribution is -2.31. The van der Waals surface area contributed by atoms with Gasteiger partial charge in [0.1, 0.15) is 0 Å². The quantitative estimate of drug-likeness (QED) is 0.276. The normalized spacial score (nSPS) is 18.5. The molecule has 2 heterocycles. The summed E-state index contributed by atoms with van der Waals surface area (Å²) in [5.74, 6) is -3.45. The summed E-state index contributed by atoms with van der Waals surface area (Å²) in [6, 6.07) is 7.72. The third kappa shape index (κ3) is 5.37. The zero-order valence-electron chi connectivity index (χ0n) is 20.5. The Morgan fingerprint density at radius 3 is 2.53 bits per heavy atom. The molecule has 4 aromatic rings. The van der Waals surface area contributed by atoms with Crippen LogP contribution in [0.3, 0.4) is 0 Å². The summed E-state index contributed by atoms with van der Waals surface area (Å²) in [7, 11) is 0. The third-order valence-corrected chi connectivity index (χ3v) is 7.60. The van der Waals surface area contributed by atoms with Crippen LogP contribution in [0.25, 0.3) is 22.0 Å². The first-order valence-corrected chi connectivity index (χ1v) is 13.1. The first-order valence-electron chi connectivity index (χ1n) is 12.5. The fraction of sp³-hybridized carbons (Fsp3) is 0.370. The van der Waals surface area contributed by atoms with Crippen LogP contribution in [0.15, 0.2) is 48.9 Å². The van der Waals surface area contributed by atoms with Crippen LogP contribution in [0.5, 0.6) is 5.75 Å². The smallest absolute Gasteiger partial charge is 0.251 e. The second-order valence-electron chi connectivity index (χ2n) is 9.76. The SMILES string of the molecule is O=C(NC[C@H]1CC[C@H](n2cc3ccc(-c4cnn(C(CO)CCl)c4)cc3n2)CC1)c1cc(F)c(O)c(F)c1. The molecule has 2 aromatic carbocycles. The largest absolute Gasteiger partial charge is 0.503 e. The van der Waals surface area contributed by atoms with E-state index in [1.54, 1.807) is 10.9 Å². The molecule has 1 amide bonds. The Morgan fingerprint density at radius 1 is 1.11 bits per heavy atom. The zero-order chi connectivity index (χ0) is 26.8. The van der Waals surface area contributed by atoms with Gasteiger partial charge in [-0.1, -0.05) is 12.1 Å². The van der Waals surface area contributed by atoms with Gasteiger partial charge in [-0.15, -0.1) is 11.6 Å². The van der Waals surface area contributed by atoms with Gasteiger partial charge in [0.05, 0.1) is 30.4 Å². The van der Waals surface area contributed by atoms with Gasteiger partial charge in [-0.25, -0.2) is 8.78 Å². The lowest BCUT2D eigenvalue weighted by Gasteiger charge is -2.28. The molecule has 1 atom stereocenters. The molecule has 0 saturated heterocycles. The summed E-state index contributed by atoms with van der Waals surface area (Å²) in [4.78, 5) is 12.3. The highest BCUT2D eigenvalue weighted by molar-refractivity contribution is 6.18. The van der Waals surface area contributed by atoms with E-state index in [2.05, 4.69) is 16.6 Å². The minimum Gasteiger partial charge on any atom is -0.503 e. The first kappa shape index (κ1) is 26.1. The van der Waals surface area contributed by atoms with Crippen molar-refractivity contribution < 1.29 is 23.8 Å². The van der Waals surface area contributed by atoms with Crippen LogP contribution in [-0.4, -0.2) is 54.7 Å². The molecular weight excluding hydrogens is 516 g/mol. The second kappa shape index (κ2) is 11.1. The van der Waals surface area contributed by atoms with E-state index in [0.29, 0.717) is 6.54 Å². The molecule has 0 bridgehead atoms. The van der Waals surface area contributed by atoms with Gasteiger partial charge < -0.3 is 15.5 Å². The van der Waals surface area contributed by atoms with E-state index < -0.39 is 23.3 Å². The van der Waals surface area contributed by atoms with Crippen molar-refractivity contribution in [3.05, 3.63) is 66.1 Å². The van der Waals surface area contributed by atoms with E-state index in [1.165, 1.54) is 0 Å². The number of amides is 1. The van der Waals surface area contributed by atoms with Crippen LogP contribution in [-0.2, 0) is 0 Å². The van der Waals surface area contributed by atoms with Gasteiger partial charge in [0.25, 0.3) is 5.91 Å². The standard InChI is InChI=1S/C27H28ClF2N5O3/c28-10-22(15-36)34-14-20(12-32-34)17-3-4-18-13-35(33-25(18)9-17)21-5-1-16(2-6-21)11-31-27(38)19-7-23(29)26(37)24(30)8-19/h3-4,7-9,12-14,16,21-22,36-37H,1-2,5-6,10-11,15H2,(H,31,38)/t16-,21-,22?. The van der Waals surface area contributed by atoms with Crippen LogP contribution in [0.1, 0.15) is 48.1 Å². The van der Waals surface area contributed by atoms with Crippen LogP contribution in [0, 0.1) is 17.6 Å². The third-order valence-electron chi connectivity index (χ3n) is 7.24. The second-order valence-corrected chi connectivity index (χ2v) is 10.1. The molecule has 3 N–H and O–H groups in total. The maximum atomic E-state index is 13.5. The summed E-state index contributed by atoms with van der Waals surface area (Å²) in [6.07, 6.45) is 9.25. The van der Waals surface area contributed by atoms with Crippen molar-refractivity contribution in [2.45, 2.75) is 37.8 Å². The number of fused-ring (bicyclic) bond motifs is 1. The average Bonchev–Trinajstić information content (AvgIpc) is 3.58. The van der Waals surface area contributed by atoms with E-state index in [1.807, 2.05) is 29.1 Å². The number of aromatic hydroxyl groups is 1. The summed E-state index contributed by atoms with van der Waals surface area (Å²) in [6.45, 7) is 0.329. The van der Waals surface area contributed by atoms with Gasteiger partial charge in [-0.3, -0.25) is 14.2 Å². The minimum atomic E-state index is -1.16. The van der Waals surface area contributed by atoms with E-state index >= 15 is 0 Å². The van der Waals surface area contributed by atoms with Gasteiger partial charge in [0.15, 0.2) is 17.4 Å². The summed E-state index contributed by atoms with van der Waals surface area (Å²) in [5, 5.41) is 31.6. The maximum absolute atomic E-state index is 13.5. The highest BCUT2D eigenvalue weighted by Crippen LogP contribution is 2.33. The molecule has 2 aromatic heterocycles. The molecule has 5 rings (SSSR count). The average molecular weight is 544 g/mol. The number of aliphatic hydroxyl groups excluding tert-OH is 1. The predicted octanol–water partition coefficient (Wildman–Crippen LogP) is 4.82. The van der Waals surface area contributed by atoms with Crippen LogP contribution in [0.4, 0.5) is 8.78 Å². The van der Waals surface area contributed by atoms with Gasteiger partial charge in [-0.05, 0) is 55.4 Å². The highest BCUT2D eigenvalue weighted by Gasteiger charge is 2.24. The molecule has 1 aliphatic rings. The number of rotatable bonds is 8. The van der Waals surface area contributed by atoms with Crippen molar-refractivity contribution in [1.29, 1.82) is 0 Å². The fourth-order valence-electron chi connectivity index (χ4n) is 4.94. The first-order chi connectivity index (χ1) is 18.4. The molecule has 1 aliphatic carbocycles. The molecule has 8 nitrogen and oxygen atoms in total. The molecule has 0 spiro atoms. The van der Waals surface area contributed by atoms with Gasteiger partial charge in [0.2, 0.25) is 0 Å². The summed E-state index contributed by atoms with van der Waals surface area (Å²) >= 11 is 5.91. The monoisotopic (exact) mass is 543 g/mol. The number of nitrogens with zero attached hydrogens (tertiary/aromatic N) is 4. The molecule has 0 radical (unpaired) electrons. The molecule has 200 valence electrons. The van der Waals surface area contributed by atoms with Gasteiger partial charge in [-0.2, -0.15) is 10.2 Å². The van der Waals surface area contributed by atoms with Crippen molar-refractivity contribution in [3.8, 4) is 16.9 Å². The molecular formula is C27H28ClF2N5O3. The number of hydrogen-bond donors (Lipinski definition) is 3. The molecule has 0 aliphatic heterocycles. The zero-order valence-corrected chi connectivity index (χ0v) is 21.3. The topological polar surface area (TPSA) is 105 Å². The number of halogens is 3. The van der Waals surface area contributed by atoms with E-state index in [-0.39, 0.29) is 36.1 Å². The van der Waals surface area contributed by atoms with Crippen molar-refractivity contribution in [2.24, 2.45) is 5.92 Å². The number of nitrogens with one attached hydrogen (secondary N) is 1. The Hall–Kier alpha value is -3.50. The Bertz CT molecular complexity index is 1420. The molecule has 1 unspecified atom stereocenters. The van der Waals surface area contributed by atoms with Crippen molar-refractivity contribution in [3.63, 3.8) is 0 Å². The highest BCUT2D eigenvalue weighted by atomic mass is 35.5. The van der Waals surface area contributed by atoms with E-state index in [4.69, 9.17) is 16.7 Å². The van der Waals surface area contributed by atoms with Crippen molar-refractivity contribution >= 4 is 28.4 Å². The number of benzene rings is 2. The Kier molecular flexibility index (Phi) is 7.62. The number of alkyl halides is 1. The summed E-state index contributed by atoms with van der Waals surface area (Å²) in [5.41, 5.74) is 2.63. The van der Waals surface area contributed by atoms with Crippen LogP contribution >= 0.6 is 11.6 Å². The Balaban J connectivity index is 1.19. The molecule has 11 heteroatoms. The number of aliphatic hydroxyl groups is 1. The molecule has 1 fully saturated rings. The van der Waals surface area contributed by atoms with Gasteiger partial charge >= 0.3 is 0 Å². The molecule has 1 saturated carbocycles. The van der Waals surface area contributed by atoms with Crippen LogP contribution < -0.4 is 5.32 Å². The number of carbonyl (C=O) groups excluding carboxylic acids is 1. The van der Waals surface area contributed by atoms with Crippen molar-refractivity contribution in [2.75, 3.05) is 19.0 Å². The maximum Gasteiger partial charge on any atom is 0.251 e. The number of phenolic OH excluding ortho intramolecular Hbond substituents is 1. The predicted molar refractivity (Wildman–Crippen MR) is 139 cm³/mol. The molecule has 38 heavy (non-hydrogen) atoms. The number of phenols is 1. The van der Waals surface area contributed by atoms with E-state index in [0.717, 1.165) is 59.8 Å².